The molecule has 0 radical (unpaired) electrons. The molecule has 2 rings (SSSR count). The molecule has 2 aromatic carbocycles. The summed E-state index contributed by atoms with van der Waals surface area (Å²) in [6.07, 6.45) is 0. The predicted octanol–water partition coefficient (Wildman–Crippen LogP) is 4.37. The van der Waals surface area contributed by atoms with Crippen molar-refractivity contribution in [2.75, 3.05) is 20.3 Å². The molecule has 0 heterocycles. The highest BCUT2D eigenvalue weighted by Crippen LogP contribution is 2.35. The van der Waals surface area contributed by atoms with E-state index < -0.39 is 11.9 Å². The van der Waals surface area contributed by atoms with Gasteiger partial charge in [0.25, 0.3) is 0 Å². The molecule has 132 valence electrons. The van der Waals surface area contributed by atoms with Crippen LogP contribution in [0.2, 0.25) is 5.02 Å². The first-order valence-corrected chi connectivity index (χ1v) is 8.21. The molecule has 0 unspecified atom stereocenters. The summed E-state index contributed by atoms with van der Waals surface area (Å²) < 4.78 is 15.5. The topological polar surface area (TPSA) is 61.8 Å². The maximum absolute atomic E-state index is 12.4. The summed E-state index contributed by atoms with van der Waals surface area (Å²) >= 11 is 6.09. The van der Waals surface area contributed by atoms with Crippen LogP contribution in [0.3, 0.4) is 0 Å². The zero-order valence-electron chi connectivity index (χ0n) is 14.3. The molecule has 0 aromatic heterocycles. The largest absolute Gasteiger partial charge is 0.496 e. The minimum atomic E-state index is -0.536. The highest BCUT2D eigenvalue weighted by atomic mass is 35.5. The number of carbonyl (C=O) groups is 2. The molecule has 0 aliphatic heterocycles. The number of esters is 2. The molecule has 0 atom stereocenters. The molecule has 6 heteroatoms. The lowest BCUT2D eigenvalue weighted by atomic mass is 9.96. The van der Waals surface area contributed by atoms with Gasteiger partial charge in [0.05, 0.1) is 31.5 Å². The van der Waals surface area contributed by atoms with E-state index in [9.17, 15) is 9.59 Å². The van der Waals surface area contributed by atoms with Crippen molar-refractivity contribution in [2.24, 2.45) is 0 Å². The molecule has 0 bridgehead atoms. The average Bonchev–Trinajstić information content (AvgIpc) is 2.61. The van der Waals surface area contributed by atoms with Gasteiger partial charge in [0.1, 0.15) is 5.75 Å². The van der Waals surface area contributed by atoms with E-state index in [1.165, 1.54) is 13.2 Å². The second-order valence-corrected chi connectivity index (χ2v) is 5.48. The molecule has 0 aliphatic carbocycles. The summed E-state index contributed by atoms with van der Waals surface area (Å²) in [5.74, 6) is -0.484. The van der Waals surface area contributed by atoms with Gasteiger partial charge in [0, 0.05) is 10.6 Å². The zero-order chi connectivity index (χ0) is 18.4. The SMILES string of the molecule is CCOC(=O)c1ccc(-c2cc(Cl)ccc2OC)c(C(=O)OCC)c1. The van der Waals surface area contributed by atoms with E-state index in [2.05, 4.69) is 0 Å². The lowest BCUT2D eigenvalue weighted by molar-refractivity contribution is 0.0526. The fourth-order valence-corrected chi connectivity index (χ4v) is 2.56. The van der Waals surface area contributed by atoms with Crippen molar-refractivity contribution in [2.45, 2.75) is 13.8 Å². The van der Waals surface area contributed by atoms with Gasteiger partial charge in [-0.15, -0.1) is 0 Å². The van der Waals surface area contributed by atoms with Crippen molar-refractivity contribution in [3.05, 3.63) is 52.5 Å². The summed E-state index contributed by atoms with van der Waals surface area (Å²) in [4.78, 5) is 24.4. The third-order valence-corrected chi connectivity index (χ3v) is 3.71. The van der Waals surface area contributed by atoms with E-state index in [1.807, 2.05) is 0 Å². The van der Waals surface area contributed by atoms with Gasteiger partial charge < -0.3 is 14.2 Å². The molecule has 0 spiro atoms. The molecule has 0 aliphatic rings. The van der Waals surface area contributed by atoms with Crippen molar-refractivity contribution in [3.8, 4) is 16.9 Å². The second-order valence-electron chi connectivity index (χ2n) is 5.05. The van der Waals surface area contributed by atoms with Gasteiger partial charge >= 0.3 is 11.9 Å². The summed E-state index contributed by atoms with van der Waals surface area (Å²) in [5.41, 5.74) is 1.71. The molecule has 2 aromatic rings. The minimum absolute atomic E-state index is 0.217. The third kappa shape index (κ3) is 4.31. The lowest BCUT2D eigenvalue weighted by Crippen LogP contribution is -2.10. The number of benzene rings is 2. The smallest absolute Gasteiger partial charge is 0.338 e. The first-order chi connectivity index (χ1) is 12.0. The molecular formula is C19H19ClO5. The molecule has 0 N–H and O–H groups in total. The number of halogens is 1. The number of hydrogen-bond acceptors (Lipinski definition) is 5. The number of ether oxygens (including phenoxy) is 3. The van der Waals surface area contributed by atoms with Crippen molar-refractivity contribution < 1.29 is 23.8 Å². The molecular weight excluding hydrogens is 344 g/mol. The van der Waals surface area contributed by atoms with Gasteiger partial charge in [-0.1, -0.05) is 17.7 Å². The zero-order valence-corrected chi connectivity index (χ0v) is 15.1. The van der Waals surface area contributed by atoms with E-state index >= 15 is 0 Å². The van der Waals surface area contributed by atoms with Gasteiger partial charge in [-0.3, -0.25) is 0 Å². The maximum atomic E-state index is 12.4. The van der Waals surface area contributed by atoms with Crippen LogP contribution in [0.1, 0.15) is 34.6 Å². The van der Waals surface area contributed by atoms with Crippen LogP contribution in [0.5, 0.6) is 5.75 Å². The molecule has 25 heavy (non-hydrogen) atoms. The third-order valence-electron chi connectivity index (χ3n) is 3.48. The molecule has 0 amide bonds. The Bertz CT molecular complexity index is 785. The van der Waals surface area contributed by atoms with Crippen LogP contribution >= 0.6 is 11.6 Å². The van der Waals surface area contributed by atoms with Crippen LogP contribution in [0.4, 0.5) is 0 Å². The number of carbonyl (C=O) groups excluding carboxylic acids is 2. The first-order valence-electron chi connectivity index (χ1n) is 7.84. The Morgan fingerprint density at radius 2 is 1.60 bits per heavy atom. The van der Waals surface area contributed by atoms with Crippen molar-refractivity contribution >= 4 is 23.5 Å². The van der Waals surface area contributed by atoms with Crippen LogP contribution in [-0.4, -0.2) is 32.3 Å². The minimum Gasteiger partial charge on any atom is -0.496 e. The van der Waals surface area contributed by atoms with Gasteiger partial charge in [0.2, 0.25) is 0 Å². The van der Waals surface area contributed by atoms with E-state index in [0.29, 0.717) is 21.9 Å². The summed E-state index contributed by atoms with van der Waals surface area (Å²) in [6, 6.07) is 9.82. The summed E-state index contributed by atoms with van der Waals surface area (Å²) in [7, 11) is 1.53. The number of methoxy groups -OCH3 is 1. The molecule has 5 nitrogen and oxygen atoms in total. The van der Waals surface area contributed by atoms with Gasteiger partial charge in [-0.25, -0.2) is 9.59 Å². The van der Waals surface area contributed by atoms with Crippen LogP contribution in [0.25, 0.3) is 11.1 Å². The number of rotatable bonds is 6. The fraction of sp³-hybridized carbons (Fsp3) is 0.263. The standard InChI is InChI=1S/C19H19ClO5/c1-4-24-18(21)12-6-8-14(16(10-12)19(22)25-5-2)15-11-13(20)7-9-17(15)23-3/h6-11H,4-5H2,1-3H3. The van der Waals surface area contributed by atoms with Crippen LogP contribution in [0.15, 0.2) is 36.4 Å². The van der Waals surface area contributed by atoms with Crippen molar-refractivity contribution in [3.63, 3.8) is 0 Å². The Labute approximate surface area is 151 Å². The average molecular weight is 363 g/mol. The van der Waals surface area contributed by atoms with E-state index in [0.717, 1.165) is 0 Å². The Hall–Kier alpha value is -2.53. The van der Waals surface area contributed by atoms with E-state index in [1.54, 1.807) is 44.2 Å². The monoisotopic (exact) mass is 362 g/mol. The Morgan fingerprint density at radius 1 is 0.920 bits per heavy atom. The molecule has 0 saturated heterocycles. The van der Waals surface area contributed by atoms with Crippen LogP contribution < -0.4 is 4.74 Å². The fourth-order valence-electron chi connectivity index (χ4n) is 2.39. The van der Waals surface area contributed by atoms with E-state index in [-0.39, 0.29) is 24.3 Å². The normalized spacial score (nSPS) is 10.2. The van der Waals surface area contributed by atoms with Crippen molar-refractivity contribution in [1.29, 1.82) is 0 Å². The van der Waals surface area contributed by atoms with E-state index in [4.69, 9.17) is 25.8 Å². The predicted molar refractivity (Wildman–Crippen MR) is 95.4 cm³/mol. The Balaban J connectivity index is 2.63. The van der Waals surface area contributed by atoms with Crippen LogP contribution in [-0.2, 0) is 9.47 Å². The molecule has 0 saturated carbocycles. The quantitative estimate of drug-likeness (QED) is 0.714. The highest BCUT2D eigenvalue weighted by molar-refractivity contribution is 6.31. The van der Waals surface area contributed by atoms with Crippen LogP contribution in [0, 0.1) is 0 Å². The molecule has 0 fully saturated rings. The Kier molecular flexibility index (Phi) is 6.42. The summed E-state index contributed by atoms with van der Waals surface area (Å²) in [6.45, 7) is 3.90. The lowest BCUT2D eigenvalue weighted by Gasteiger charge is -2.14. The summed E-state index contributed by atoms with van der Waals surface area (Å²) in [5, 5.41) is 0.500. The van der Waals surface area contributed by atoms with Gasteiger partial charge in [0.15, 0.2) is 0 Å². The van der Waals surface area contributed by atoms with Gasteiger partial charge in [-0.05, 0) is 49.7 Å². The Morgan fingerprint density at radius 3 is 2.24 bits per heavy atom. The van der Waals surface area contributed by atoms with Gasteiger partial charge in [-0.2, -0.15) is 0 Å². The first kappa shape index (κ1) is 18.8. The highest BCUT2D eigenvalue weighted by Gasteiger charge is 2.20. The second kappa shape index (κ2) is 8.53. The maximum Gasteiger partial charge on any atom is 0.338 e. The van der Waals surface area contributed by atoms with Crippen molar-refractivity contribution in [1.82, 2.24) is 0 Å². The number of hydrogen-bond donors (Lipinski definition) is 0.